The van der Waals surface area contributed by atoms with Gasteiger partial charge in [0, 0.05) is 40.3 Å². The minimum absolute atomic E-state index is 0.0379. The second-order valence-corrected chi connectivity index (χ2v) is 10.8. The van der Waals surface area contributed by atoms with Crippen LogP contribution in [0.2, 0.25) is 10.0 Å². The van der Waals surface area contributed by atoms with Gasteiger partial charge >= 0.3 is 12.2 Å². The maximum absolute atomic E-state index is 13.5. The van der Waals surface area contributed by atoms with E-state index in [2.05, 4.69) is 10.3 Å². The molecule has 43 heavy (non-hydrogen) atoms. The molecule has 0 fully saturated rings. The number of aliphatic hydroxyl groups excluding tert-OH is 1. The minimum Gasteiger partial charge on any atom is -0.491 e. The minimum atomic E-state index is -0.952. The van der Waals surface area contributed by atoms with E-state index in [1.54, 1.807) is 41.3 Å². The summed E-state index contributed by atoms with van der Waals surface area (Å²) in [5.41, 5.74) is 3.73. The van der Waals surface area contributed by atoms with Crippen LogP contribution in [-0.4, -0.2) is 73.3 Å². The van der Waals surface area contributed by atoms with E-state index in [1.807, 2.05) is 30.3 Å². The highest BCUT2D eigenvalue weighted by Gasteiger charge is 2.35. The maximum atomic E-state index is 13.5. The summed E-state index contributed by atoms with van der Waals surface area (Å²) in [6.45, 7) is 0.742. The van der Waals surface area contributed by atoms with Gasteiger partial charge in [-0.25, -0.2) is 9.59 Å². The quantitative estimate of drug-likeness (QED) is 0.192. The number of aromatic amines is 1. The predicted octanol–water partition coefficient (Wildman–Crippen LogP) is 5.73. The number of aromatic nitrogens is 1. The Morgan fingerprint density at radius 3 is 2.49 bits per heavy atom. The molecular weight excluding hydrogens is 597 g/mol. The first-order chi connectivity index (χ1) is 20.8. The molecule has 0 saturated heterocycles. The van der Waals surface area contributed by atoms with E-state index < -0.39 is 24.3 Å². The second-order valence-electron chi connectivity index (χ2n) is 9.92. The molecule has 2 atom stereocenters. The van der Waals surface area contributed by atoms with Crippen LogP contribution in [0.3, 0.4) is 0 Å². The molecule has 2 heterocycles. The third-order valence-corrected chi connectivity index (χ3v) is 7.47. The summed E-state index contributed by atoms with van der Waals surface area (Å²) in [4.78, 5) is 30.3. The lowest BCUT2D eigenvalue weighted by atomic mass is 9.92. The third-order valence-electron chi connectivity index (χ3n) is 6.98. The van der Waals surface area contributed by atoms with E-state index >= 15 is 0 Å². The van der Waals surface area contributed by atoms with Crippen LogP contribution in [0, 0.1) is 0 Å². The molecule has 2 amide bonds. The van der Waals surface area contributed by atoms with Gasteiger partial charge in [-0.15, -0.1) is 0 Å². The fourth-order valence-electron chi connectivity index (χ4n) is 4.93. The molecule has 0 aliphatic carbocycles. The number of nitrogens with zero attached hydrogens (tertiary/aromatic N) is 1. The van der Waals surface area contributed by atoms with Gasteiger partial charge < -0.3 is 34.4 Å². The Morgan fingerprint density at radius 2 is 1.74 bits per heavy atom. The molecule has 0 radical (unpaired) electrons. The van der Waals surface area contributed by atoms with Crippen LogP contribution in [0.5, 0.6) is 11.5 Å². The molecule has 4 aromatic rings. The van der Waals surface area contributed by atoms with E-state index in [0.717, 1.165) is 27.7 Å². The zero-order valence-corrected chi connectivity index (χ0v) is 24.9. The number of nitrogens with one attached hydrogen (secondary N) is 2. The predicted molar refractivity (Wildman–Crippen MR) is 162 cm³/mol. The fraction of sp³-hybridized carbons (Fsp3) is 0.290. The number of halogens is 2. The number of hydrogen-bond acceptors (Lipinski definition) is 7. The number of amides is 2. The molecule has 12 heteroatoms. The molecule has 1 aromatic heterocycles. The highest BCUT2D eigenvalue weighted by Crippen LogP contribution is 2.40. The largest absolute Gasteiger partial charge is 0.491 e. The van der Waals surface area contributed by atoms with Crippen LogP contribution in [0.1, 0.15) is 22.9 Å². The number of hydrogen-bond donors (Lipinski definition) is 3. The van der Waals surface area contributed by atoms with Crippen molar-refractivity contribution in [2.75, 3.05) is 40.0 Å². The zero-order valence-electron chi connectivity index (χ0n) is 23.3. The molecule has 3 aromatic carbocycles. The number of carbonyl (C=O) groups excluding carboxylic acids is 2. The van der Waals surface area contributed by atoms with Crippen LogP contribution in [0.25, 0.3) is 10.9 Å². The number of benzene rings is 3. The number of ether oxygens (including phenoxy) is 4. The Hall–Kier alpha value is -3.96. The van der Waals surface area contributed by atoms with E-state index in [1.165, 1.54) is 7.11 Å². The van der Waals surface area contributed by atoms with Gasteiger partial charge in [0.25, 0.3) is 0 Å². The van der Waals surface area contributed by atoms with Crippen molar-refractivity contribution in [1.82, 2.24) is 15.2 Å². The van der Waals surface area contributed by atoms with Crippen molar-refractivity contribution in [2.45, 2.75) is 18.6 Å². The van der Waals surface area contributed by atoms with Gasteiger partial charge in [-0.2, -0.15) is 0 Å². The molecule has 3 N–H and O–H groups in total. The molecule has 1 aliphatic heterocycles. The van der Waals surface area contributed by atoms with E-state index in [0.29, 0.717) is 34.5 Å². The van der Waals surface area contributed by atoms with Gasteiger partial charge in [-0.3, -0.25) is 4.90 Å². The topological polar surface area (TPSA) is 122 Å². The Labute approximate surface area is 258 Å². The standard InChI is InChI=1S/C31H31Cl2N3O7/c1-40-14-15-41-30(38)34-17-22(37)18-42-23-7-2-19(3-8-23)29-28-25(26-16-21(33)6-11-27(26)35-28)12-13-36(29)31(39)43-24-9-4-20(32)5-10-24/h2-11,16,22,29,35,37H,12-15,17-18H2,1H3,(H,34,38). The Bertz CT molecular complexity index is 1560. The SMILES string of the molecule is COCCOC(=O)NCC(O)COc1ccc(C2c3[nH]c4ccc(Cl)cc4c3CCN2C(=O)Oc2ccc(Cl)cc2)cc1. The smallest absolute Gasteiger partial charge is 0.416 e. The molecule has 0 bridgehead atoms. The van der Waals surface area contributed by atoms with Crippen LogP contribution < -0.4 is 14.8 Å². The van der Waals surface area contributed by atoms with Crippen LogP contribution in [-0.2, 0) is 15.9 Å². The highest BCUT2D eigenvalue weighted by molar-refractivity contribution is 6.31. The molecule has 2 unspecified atom stereocenters. The van der Waals surface area contributed by atoms with E-state index in [9.17, 15) is 14.7 Å². The van der Waals surface area contributed by atoms with Crippen molar-refractivity contribution in [3.05, 3.63) is 93.6 Å². The first-order valence-corrected chi connectivity index (χ1v) is 14.4. The summed E-state index contributed by atoms with van der Waals surface area (Å²) in [7, 11) is 1.51. The van der Waals surface area contributed by atoms with Gasteiger partial charge in [0.15, 0.2) is 0 Å². The molecule has 10 nitrogen and oxygen atoms in total. The fourth-order valence-corrected chi connectivity index (χ4v) is 5.23. The van der Waals surface area contributed by atoms with Crippen LogP contribution in [0.4, 0.5) is 9.59 Å². The van der Waals surface area contributed by atoms with Crippen molar-refractivity contribution in [3.63, 3.8) is 0 Å². The maximum Gasteiger partial charge on any atom is 0.416 e. The normalized spacial score (nSPS) is 15.1. The van der Waals surface area contributed by atoms with Gasteiger partial charge in [0.1, 0.15) is 36.9 Å². The average Bonchev–Trinajstić information content (AvgIpc) is 3.38. The van der Waals surface area contributed by atoms with Crippen molar-refractivity contribution < 1.29 is 33.6 Å². The number of methoxy groups -OCH3 is 1. The number of aliphatic hydroxyl groups is 1. The van der Waals surface area contributed by atoms with Gasteiger partial charge in [0.05, 0.1) is 13.2 Å². The van der Waals surface area contributed by atoms with Crippen molar-refractivity contribution in [2.24, 2.45) is 0 Å². The Balaban J connectivity index is 1.32. The number of H-pyrrole nitrogens is 1. The van der Waals surface area contributed by atoms with Crippen molar-refractivity contribution in [3.8, 4) is 11.5 Å². The summed E-state index contributed by atoms with van der Waals surface area (Å²) < 4.78 is 21.2. The summed E-state index contributed by atoms with van der Waals surface area (Å²) in [5, 5.41) is 14.9. The number of fused-ring (bicyclic) bond motifs is 3. The van der Waals surface area contributed by atoms with Gasteiger partial charge in [0.2, 0.25) is 0 Å². The summed E-state index contributed by atoms with van der Waals surface area (Å²) >= 11 is 12.3. The molecule has 0 saturated carbocycles. The molecule has 0 spiro atoms. The number of rotatable bonds is 10. The monoisotopic (exact) mass is 627 g/mol. The summed E-state index contributed by atoms with van der Waals surface area (Å²) in [6, 6.07) is 19.1. The summed E-state index contributed by atoms with van der Waals surface area (Å²) in [5.74, 6) is 0.905. The van der Waals surface area contributed by atoms with Gasteiger partial charge in [-0.05, 0) is 72.1 Å². The lowest BCUT2D eigenvalue weighted by molar-refractivity contribution is 0.0842. The van der Waals surface area contributed by atoms with E-state index in [-0.39, 0.29) is 26.4 Å². The summed E-state index contributed by atoms with van der Waals surface area (Å²) in [6.07, 6.45) is -1.47. The van der Waals surface area contributed by atoms with Crippen LogP contribution >= 0.6 is 23.2 Å². The second kappa shape index (κ2) is 14.0. The molecular formula is C31H31Cl2N3O7. The first-order valence-electron chi connectivity index (χ1n) is 13.7. The molecule has 226 valence electrons. The van der Waals surface area contributed by atoms with E-state index in [4.69, 9.17) is 42.1 Å². The first kappa shape index (κ1) is 30.5. The Morgan fingerprint density at radius 1 is 1.02 bits per heavy atom. The van der Waals surface area contributed by atoms with Crippen LogP contribution in [0.15, 0.2) is 66.7 Å². The lowest BCUT2D eigenvalue weighted by Crippen LogP contribution is -2.42. The molecule has 1 aliphatic rings. The zero-order chi connectivity index (χ0) is 30.3. The van der Waals surface area contributed by atoms with Gasteiger partial charge in [-0.1, -0.05) is 35.3 Å². The highest BCUT2D eigenvalue weighted by atomic mass is 35.5. The molecule has 5 rings (SSSR count). The average molecular weight is 629 g/mol. The third kappa shape index (κ3) is 7.52. The Kier molecular flexibility index (Phi) is 9.93. The van der Waals surface area contributed by atoms with Crippen molar-refractivity contribution in [1.29, 1.82) is 0 Å². The number of carbonyl (C=O) groups is 2. The number of alkyl carbamates (subject to hydrolysis) is 1. The van der Waals surface area contributed by atoms with Crippen molar-refractivity contribution >= 4 is 46.3 Å². The lowest BCUT2D eigenvalue weighted by Gasteiger charge is -2.35.